The number of nitrogens with one attached hydrogen (secondary N) is 1. The van der Waals surface area contributed by atoms with Crippen LogP contribution in [0.5, 0.6) is 5.75 Å². The van der Waals surface area contributed by atoms with E-state index in [0.717, 1.165) is 12.0 Å². The predicted molar refractivity (Wildman–Crippen MR) is 95.8 cm³/mol. The first kappa shape index (κ1) is 19.8. The Balaban J connectivity index is 2.06. The van der Waals surface area contributed by atoms with Crippen molar-refractivity contribution in [2.45, 2.75) is 38.6 Å². The fourth-order valence-corrected chi connectivity index (χ4v) is 2.92. The van der Waals surface area contributed by atoms with Gasteiger partial charge >= 0.3 is 5.97 Å². The summed E-state index contributed by atoms with van der Waals surface area (Å²) in [4.78, 5) is 37.6. The van der Waals surface area contributed by atoms with Crippen molar-refractivity contribution in [3.8, 4) is 5.75 Å². The number of hydrogen-bond donors (Lipinski definition) is 1. The fraction of sp³-hybridized carbons (Fsp3) is 0.526. The zero-order valence-corrected chi connectivity index (χ0v) is 15.5. The molecule has 0 radical (unpaired) electrons. The third kappa shape index (κ3) is 4.74. The van der Waals surface area contributed by atoms with E-state index < -0.39 is 12.0 Å². The molecule has 1 fully saturated rings. The lowest BCUT2D eigenvalue weighted by Crippen LogP contribution is -2.58. The summed E-state index contributed by atoms with van der Waals surface area (Å²) in [5, 5.41) is 2.67. The van der Waals surface area contributed by atoms with Crippen LogP contribution in [-0.2, 0) is 19.1 Å². The third-order valence-electron chi connectivity index (χ3n) is 4.65. The molecule has 0 aliphatic carbocycles. The zero-order valence-electron chi connectivity index (χ0n) is 15.5. The van der Waals surface area contributed by atoms with E-state index in [4.69, 9.17) is 4.74 Å². The van der Waals surface area contributed by atoms with Crippen LogP contribution in [0.25, 0.3) is 0 Å². The Morgan fingerprint density at radius 3 is 2.77 bits per heavy atom. The van der Waals surface area contributed by atoms with Gasteiger partial charge in [0.1, 0.15) is 11.8 Å². The van der Waals surface area contributed by atoms with Crippen molar-refractivity contribution in [3.05, 3.63) is 29.8 Å². The number of para-hydroxylation sites is 1. The van der Waals surface area contributed by atoms with Crippen LogP contribution in [0.15, 0.2) is 24.3 Å². The lowest BCUT2D eigenvalue weighted by atomic mass is 9.98. The van der Waals surface area contributed by atoms with Crippen LogP contribution < -0.4 is 10.1 Å². The molecule has 142 valence electrons. The average Bonchev–Trinajstić information content (AvgIpc) is 2.67. The highest BCUT2D eigenvalue weighted by molar-refractivity contribution is 5.92. The maximum atomic E-state index is 12.6. The van der Waals surface area contributed by atoms with Gasteiger partial charge in [0.25, 0.3) is 5.91 Å². The van der Waals surface area contributed by atoms with Crippen LogP contribution in [0.4, 0.5) is 0 Å². The molecule has 1 aliphatic rings. The van der Waals surface area contributed by atoms with Gasteiger partial charge in [0.05, 0.1) is 13.5 Å². The van der Waals surface area contributed by atoms with E-state index in [1.165, 1.54) is 12.0 Å². The van der Waals surface area contributed by atoms with Crippen LogP contribution in [-0.4, -0.2) is 55.5 Å². The van der Waals surface area contributed by atoms with Gasteiger partial charge in [0.15, 0.2) is 6.61 Å². The number of hydrogen-bond acceptors (Lipinski definition) is 5. The van der Waals surface area contributed by atoms with E-state index in [9.17, 15) is 14.4 Å². The topological polar surface area (TPSA) is 84.9 Å². The second kappa shape index (κ2) is 9.22. The summed E-state index contributed by atoms with van der Waals surface area (Å²) in [6, 6.07) is 6.76. The summed E-state index contributed by atoms with van der Waals surface area (Å²) in [6.45, 7) is 4.70. The highest BCUT2D eigenvalue weighted by atomic mass is 16.5. The Bertz CT molecular complexity index is 661. The van der Waals surface area contributed by atoms with Gasteiger partial charge in [-0.05, 0) is 24.0 Å². The molecule has 0 saturated carbocycles. The molecule has 1 saturated heterocycles. The first-order valence-electron chi connectivity index (χ1n) is 8.83. The molecule has 2 rings (SSSR count). The number of amides is 2. The van der Waals surface area contributed by atoms with Gasteiger partial charge < -0.3 is 19.7 Å². The summed E-state index contributed by atoms with van der Waals surface area (Å²) in [5.41, 5.74) is 1.05. The minimum Gasteiger partial charge on any atom is -0.483 e. The first-order valence-corrected chi connectivity index (χ1v) is 8.83. The van der Waals surface area contributed by atoms with Crippen LogP contribution >= 0.6 is 0 Å². The second-order valence-corrected chi connectivity index (χ2v) is 6.31. The quantitative estimate of drug-likeness (QED) is 0.743. The lowest BCUT2D eigenvalue weighted by molar-refractivity contribution is -0.151. The minimum atomic E-state index is -0.864. The maximum absolute atomic E-state index is 12.6. The van der Waals surface area contributed by atoms with Gasteiger partial charge in [-0.15, -0.1) is 0 Å². The molecule has 0 unspecified atom stereocenters. The highest BCUT2D eigenvalue weighted by Gasteiger charge is 2.35. The predicted octanol–water partition coefficient (Wildman–Crippen LogP) is 1.47. The summed E-state index contributed by atoms with van der Waals surface area (Å²) in [6.07, 6.45) is 0.791. The molecule has 0 aromatic heterocycles. The van der Waals surface area contributed by atoms with Crippen molar-refractivity contribution in [1.82, 2.24) is 10.2 Å². The van der Waals surface area contributed by atoms with Gasteiger partial charge in [0, 0.05) is 13.1 Å². The summed E-state index contributed by atoms with van der Waals surface area (Å²) >= 11 is 0. The number of benzene rings is 1. The van der Waals surface area contributed by atoms with E-state index in [2.05, 4.69) is 23.9 Å². The molecule has 1 aliphatic heterocycles. The van der Waals surface area contributed by atoms with Gasteiger partial charge in [-0.25, -0.2) is 0 Å². The van der Waals surface area contributed by atoms with Crippen molar-refractivity contribution >= 4 is 17.8 Å². The molecular formula is C19H26N2O5. The molecule has 7 heteroatoms. The van der Waals surface area contributed by atoms with Crippen molar-refractivity contribution < 1.29 is 23.9 Å². The normalized spacial score (nSPS) is 18.0. The number of rotatable bonds is 7. The standard InChI is InChI=1S/C19H26N2O5/c1-4-13(2)14-7-5-6-8-16(14)26-12-17(22)21-10-9-20-19(24)15(21)11-18(23)25-3/h5-8,13,15H,4,9-12H2,1-3H3,(H,20,24)/t13-,15+/m0/s1. The Kier molecular flexibility index (Phi) is 7.00. The van der Waals surface area contributed by atoms with E-state index in [0.29, 0.717) is 24.8 Å². The fourth-order valence-electron chi connectivity index (χ4n) is 2.92. The van der Waals surface area contributed by atoms with Gasteiger partial charge in [-0.3, -0.25) is 14.4 Å². The molecular weight excluding hydrogens is 336 g/mol. The second-order valence-electron chi connectivity index (χ2n) is 6.31. The van der Waals surface area contributed by atoms with Crippen LogP contribution in [0.2, 0.25) is 0 Å². The minimum absolute atomic E-state index is 0.169. The van der Waals surface area contributed by atoms with Crippen molar-refractivity contribution in [2.24, 2.45) is 0 Å². The number of piperazine rings is 1. The molecule has 26 heavy (non-hydrogen) atoms. The Morgan fingerprint density at radius 1 is 1.35 bits per heavy atom. The highest BCUT2D eigenvalue weighted by Crippen LogP contribution is 2.28. The van der Waals surface area contributed by atoms with Crippen LogP contribution in [0, 0.1) is 0 Å². The number of methoxy groups -OCH3 is 1. The molecule has 1 heterocycles. The summed E-state index contributed by atoms with van der Waals surface area (Å²) < 4.78 is 10.4. The van der Waals surface area contributed by atoms with Crippen LogP contribution in [0.1, 0.15) is 38.2 Å². The first-order chi connectivity index (χ1) is 12.5. The molecule has 1 aromatic rings. The average molecular weight is 362 g/mol. The monoisotopic (exact) mass is 362 g/mol. The van der Waals surface area contributed by atoms with E-state index in [-0.39, 0.29) is 24.8 Å². The van der Waals surface area contributed by atoms with Crippen LogP contribution in [0.3, 0.4) is 0 Å². The smallest absolute Gasteiger partial charge is 0.308 e. The number of ether oxygens (including phenoxy) is 2. The number of esters is 1. The molecule has 0 bridgehead atoms. The molecule has 2 atom stereocenters. The summed E-state index contributed by atoms with van der Waals surface area (Å²) in [5.74, 6) is -0.231. The van der Waals surface area contributed by atoms with E-state index in [1.807, 2.05) is 24.3 Å². The Morgan fingerprint density at radius 2 is 2.08 bits per heavy atom. The molecule has 1 N–H and O–H groups in total. The Hall–Kier alpha value is -2.57. The van der Waals surface area contributed by atoms with Gasteiger partial charge in [0.2, 0.25) is 5.91 Å². The Labute approximate surface area is 153 Å². The summed E-state index contributed by atoms with van der Waals surface area (Å²) in [7, 11) is 1.25. The zero-order chi connectivity index (χ0) is 19.1. The molecule has 1 aromatic carbocycles. The molecule has 7 nitrogen and oxygen atoms in total. The number of nitrogens with zero attached hydrogens (tertiary/aromatic N) is 1. The van der Waals surface area contributed by atoms with E-state index >= 15 is 0 Å². The van der Waals surface area contributed by atoms with Gasteiger partial charge in [-0.2, -0.15) is 0 Å². The van der Waals surface area contributed by atoms with Crippen molar-refractivity contribution in [1.29, 1.82) is 0 Å². The molecule has 0 spiro atoms. The number of carbonyl (C=O) groups is 3. The largest absolute Gasteiger partial charge is 0.483 e. The maximum Gasteiger partial charge on any atom is 0.308 e. The molecule has 2 amide bonds. The van der Waals surface area contributed by atoms with E-state index in [1.54, 1.807) is 0 Å². The van der Waals surface area contributed by atoms with Gasteiger partial charge in [-0.1, -0.05) is 32.0 Å². The number of carbonyl (C=O) groups excluding carboxylic acids is 3. The SMILES string of the molecule is CC[C@H](C)c1ccccc1OCC(=O)N1CCNC(=O)[C@H]1CC(=O)OC. The third-order valence-corrected chi connectivity index (χ3v) is 4.65. The van der Waals surface area contributed by atoms with Crippen molar-refractivity contribution in [3.63, 3.8) is 0 Å². The lowest BCUT2D eigenvalue weighted by Gasteiger charge is -2.34. The van der Waals surface area contributed by atoms with Crippen molar-refractivity contribution in [2.75, 3.05) is 26.8 Å².